The van der Waals surface area contributed by atoms with Gasteiger partial charge in [0.05, 0.1) is 12.0 Å². The third kappa shape index (κ3) is 1.75. The Labute approximate surface area is 63.3 Å². The molecule has 0 aromatic rings. The van der Waals surface area contributed by atoms with Crippen molar-refractivity contribution in [2.24, 2.45) is 5.73 Å². The Morgan fingerprint density at radius 2 is 2.60 bits per heavy atom. The maximum atomic E-state index is 10.2. The summed E-state index contributed by atoms with van der Waals surface area (Å²) < 4.78 is 0. The molecule has 0 fully saturated rings. The van der Waals surface area contributed by atoms with Gasteiger partial charge in [0.15, 0.2) is 0 Å². The van der Waals surface area contributed by atoms with E-state index in [1.807, 2.05) is 5.41 Å². The number of rotatable bonds is 2. The highest BCUT2D eigenvalue weighted by atomic mass is 32.2. The van der Waals surface area contributed by atoms with Crippen LogP contribution in [0.4, 0.5) is 0 Å². The van der Waals surface area contributed by atoms with E-state index >= 15 is 0 Å². The number of nitrogens with two attached hydrogens (primary N) is 1. The molecule has 10 heavy (non-hydrogen) atoms. The summed E-state index contributed by atoms with van der Waals surface area (Å²) >= 11 is 1.55. The summed E-state index contributed by atoms with van der Waals surface area (Å²) in [7, 11) is 0. The van der Waals surface area contributed by atoms with E-state index in [1.54, 1.807) is 17.8 Å². The molecular weight excluding hydrogens is 150 g/mol. The molecule has 4 heteroatoms. The fourth-order valence-corrected chi connectivity index (χ4v) is 1.80. The van der Waals surface area contributed by atoms with Gasteiger partial charge in [0.2, 0.25) is 0 Å². The Bertz CT molecular complexity index is 181. The Balaban J connectivity index is 2.52. The Hall–Kier alpha value is -0.480. The lowest BCUT2D eigenvalue weighted by atomic mass is 10.0. The van der Waals surface area contributed by atoms with Crippen molar-refractivity contribution in [1.82, 2.24) is 0 Å². The largest absolute Gasteiger partial charge is 0.481 e. The van der Waals surface area contributed by atoms with E-state index in [9.17, 15) is 4.79 Å². The number of thioether (sulfide) groups is 1. The van der Waals surface area contributed by atoms with Crippen LogP contribution < -0.4 is 5.73 Å². The fraction of sp³-hybridized carbons (Fsp3) is 0.500. The van der Waals surface area contributed by atoms with Crippen LogP contribution in [-0.4, -0.2) is 22.4 Å². The van der Waals surface area contributed by atoms with Gasteiger partial charge in [-0.3, -0.25) is 4.79 Å². The number of carboxylic acid groups (broad SMARTS) is 1. The lowest BCUT2D eigenvalue weighted by molar-refractivity contribution is -0.137. The van der Waals surface area contributed by atoms with Crippen LogP contribution in [0.1, 0.15) is 6.42 Å². The minimum atomic E-state index is -0.838. The maximum absolute atomic E-state index is 10.2. The molecule has 0 saturated carbocycles. The summed E-state index contributed by atoms with van der Waals surface area (Å²) in [6.45, 7) is 0. The highest BCUT2D eigenvalue weighted by Gasteiger charge is 2.27. The quantitative estimate of drug-likeness (QED) is 0.613. The van der Waals surface area contributed by atoms with Crippen LogP contribution in [0.5, 0.6) is 0 Å². The van der Waals surface area contributed by atoms with Crippen molar-refractivity contribution in [2.75, 3.05) is 5.75 Å². The number of aliphatic carboxylic acids is 1. The molecule has 1 aliphatic heterocycles. The molecule has 0 aliphatic carbocycles. The van der Waals surface area contributed by atoms with Crippen LogP contribution in [0.2, 0.25) is 0 Å². The molecule has 0 spiro atoms. The molecule has 1 atom stereocenters. The van der Waals surface area contributed by atoms with Crippen LogP contribution in [0, 0.1) is 0 Å². The van der Waals surface area contributed by atoms with Gasteiger partial charge >= 0.3 is 5.97 Å². The van der Waals surface area contributed by atoms with Crippen molar-refractivity contribution in [1.29, 1.82) is 0 Å². The third-order valence-electron chi connectivity index (χ3n) is 1.33. The Morgan fingerprint density at radius 1 is 1.90 bits per heavy atom. The standard InChI is InChI=1S/C6H9NO2S/c7-6(3-5(8)9)1-2-10-4-6/h1-2H,3-4,7H2,(H,8,9). The van der Waals surface area contributed by atoms with Gasteiger partial charge in [-0.05, 0) is 5.41 Å². The topological polar surface area (TPSA) is 63.3 Å². The molecule has 1 heterocycles. The first-order chi connectivity index (χ1) is 4.62. The van der Waals surface area contributed by atoms with Crippen LogP contribution in [0.15, 0.2) is 11.5 Å². The van der Waals surface area contributed by atoms with Crippen LogP contribution in [0.25, 0.3) is 0 Å². The molecule has 0 aromatic carbocycles. The molecule has 1 aliphatic rings. The van der Waals surface area contributed by atoms with E-state index in [0.717, 1.165) is 0 Å². The lowest BCUT2D eigenvalue weighted by Gasteiger charge is -2.17. The van der Waals surface area contributed by atoms with Gasteiger partial charge in [-0.1, -0.05) is 6.08 Å². The van der Waals surface area contributed by atoms with Crippen molar-refractivity contribution in [3.63, 3.8) is 0 Å². The summed E-state index contributed by atoms with van der Waals surface area (Å²) in [5.41, 5.74) is 5.07. The van der Waals surface area contributed by atoms with E-state index in [4.69, 9.17) is 10.8 Å². The average molecular weight is 159 g/mol. The van der Waals surface area contributed by atoms with Crippen molar-refractivity contribution >= 4 is 17.7 Å². The Kier molecular flexibility index (Phi) is 2.01. The summed E-state index contributed by atoms with van der Waals surface area (Å²) in [5, 5.41) is 10.3. The molecule has 3 N–H and O–H groups in total. The van der Waals surface area contributed by atoms with E-state index < -0.39 is 11.5 Å². The van der Waals surface area contributed by atoms with Gasteiger partial charge in [0.25, 0.3) is 0 Å². The molecule has 0 bridgehead atoms. The second-order valence-electron chi connectivity index (χ2n) is 2.42. The van der Waals surface area contributed by atoms with Crippen molar-refractivity contribution < 1.29 is 9.90 Å². The maximum Gasteiger partial charge on any atom is 0.305 e. The first-order valence-corrected chi connectivity index (χ1v) is 3.97. The SMILES string of the molecule is NC1(CC(=O)O)C=CSC1. The smallest absolute Gasteiger partial charge is 0.305 e. The zero-order valence-corrected chi connectivity index (χ0v) is 6.23. The highest BCUT2D eigenvalue weighted by molar-refractivity contribution is 8.02. The molecule has 0 amide bonds. The third-order valence-corrected chi connectivity index (χ3v) is 2.36. The van der Waals surface area contributed by atoms with Gasteiger partial charge in [0, 0.05) is 5.75 Å². The molecule has 0 saturated heterocycles. The van der Waals surface area contributed by atoms with E-state index in [2.05, 4.69) is 0 Å². The van der Waals surface area contributed by atoms with Gasteiger partial charge in [-0.15, -0.1) is 11.8 Å². The second-order valence-corrected chi connectivity index (χ2v) is 3.31. The molecule has 3 nitrogen and oxygen atoms in total. The zero-order valence-electron chi connectivity index (χ0n) is 5.41. The summed E-state index contributed by atoms with van der Waals surface area (Å²) in [4.78, 5) is 10.2. The molecule has 1 rings (SSSR count). The molecule has 1 unspecified atom stereocenters. The van der Waals surface area contributed by atoms with Crippen LogP contribution >= 0.6 is 11.8 Å². The summed E-state index contributed by atoms with van der Waals surface area (Å²) in [6.07, 6.45) is 1.78. The van der Waals surface area contributed by atoms with Gasteiger partial charge in [0.1, 0.15) is 0 Å². The molecular formula is C6H9NO2S. The van der Waals surface area contributed by atoms with Gasteiger partial charge in [-0.2, -0.15) is 0 Å². The van der Waals surface area contributed by atoms with E-state index in [-0.39, 0.29) is 6.42 Å². The van der Waals surface area contributed by atoms with Gasteiger partial charge in [-0.25, -0.2) is 0 Å². The first kappa shape index (κ1) is 7.63. The van der Waals surface area contributed by atoms with Crippen molar-refractivity contribution in [3.05, 3.63) is 11.5 Å². The monoisotopic (exact) mass is 159 g/mol. The minimum Gasteiger partial charge on any atom is -0.481 e. The number of hydrogen-bond acceptors (Lipinski definition) is 3. The van der Waals surface area contributed by atoms with E-state index in [1.165, 1.54) is 0 Å². The lowest BCUT2D eigenvalue weighted by Crippen LogP contribution is -2.40. The summed E-state index contributed by atoms with van der Waals surface area (Å²) in [5.74, 6) is -0.158. The highest BCUT2D eigenvalue weighted by Crippen LogP contribution is 2.24. The second kappa shape index (κ2) is 2.64. The molecule has 56 valence electrons. The number of carbonyl (C=O) groups is 1. The zero-order chi connectivity index (χ0) is 7.61. The Morgan fingerprint density at radius 3 is 3.00 bits per heavy atom. The minimum absolute atomic E-state index is 0.0243. The van der Waals surface area contributed by atoms with E-state index in [0.29, 0.717) is 5.75 Å². The van der Waals surface area contributed by atoms with Crippen LogP contribution in [0.3, 0.4) is 0 Å². The normalized spacial score (nSPS) is 30.9. The molecule has 0 aromatic heterocycles. The first-order valence-electron chi connectivity index (χ1n) is 2.92. The van der Waals surface area contributed by atoms with Gasteiger partial charge < -0.3 is 10.8 Å². The van der Waals surface area contributed by atoms with Crippen molar-refractivity contribution in [2.45, 2.75) is 12.0 Å². The summed E-state index contributed by atoms with van der Waals surface area (Å²) in [6, 6.07) is 0. The number of hydrogen-bond donors (Lipinski definition) is 2. The van der Waals surface area contributed by atoms with Crippen LogP contribution in [-0.2, 0) is 4.79 Å². The average Bonchev–Trinajstić information content (AvgIpc) is 2.12. The molecule has 0 radical (unpaired) electrons. The fourth-order valence-electron chi connectivity index (χ4n) is 0.827. The number of carboxylic acids is 1. The predicted octanol–water partition coefficient (Wildman–Crippen LogP) is 0.419. The van der Waals surface area contributed by atoms with Crippen molar-refractivity contribution in [3.8, 4) is 0 Å². The predicted molar refractivity (Wildman–Crippen MR) is 40.8 cm³/mol.